The predicted octanol–water partition coefficient (Wildman–Crippen LogP) is 2.56. The number of nitrogens with zero attached hydrogens (tertiary/aromatic N) is 2. The molecule has 1 heterocycles. The molecule has 2 rings (SSSR count). The minimum atomic E-state index is -3.63. The Morgan fingerprint density at radius 3 is 2.58 bits per heavy atom. The first kappa shape index (κ1) is 24.9. The molecule has 0 bridgehead atoms. The lowest BCUT2D eigenvalue weighted by Gasteiger charge is -2.19. The van der Waals surface area contributed by atoms with E-state index in [1.807, 2.05) is 30.3 Å². The van der Waals surface area contributed by atoms with Crippen LogP contribution in [-0.4, -0.2) is 62.4 Å². The van der Waals surface area contributed by atoms with E-state index in [9.17, 15) is 18.0 Å². The van der Waals surface area contributed by atoms with E-state index in [1.165, 1.54) is 0 Å². The Kier molecular flexibility index (Phi) is 9.54. The first-order chi connectivity index (χ1) is 14.7. The Bertz CT molecular complexity index is 992. The van der Waals surface area contributed by atoms with Gasteiger partial charge in [0.15, 0.2) is 0 Å². The topological polar surface area (TPSA) is 108 Å². The number of Topliss-reactive ketones (excluding diaryl/α,β-unsaturated/α-hetero) is 1. The van der Waals surface area contributed by atoms with Gasteiger partial charge in [-0.1, -0.05) is 31.0 Å². The number of anilines is 1. The number of para-hydroxylation sites is 1. The number of benzene rings is 1. The summed E-state index contributed by atoms with van der Waals surface area (Å²) in [4.78, 5) is 30.1. The van der Waals surface area contributed by atoms with Crippen molar-refractivity contribution in [3.63, 3.8) is 0 Å². The fourth-order valence-corrected chi connectivity index (χ4v) is 4.47. The summed E-state index contributed by atoms with van der Waals surface area (Å²) in [6.45, 7) is 1.91. The van der Waals surface area contributed by atoms with Crippen molar-refractivity contribution in [1.29, 1.82) is 0 Å². The number of hydrogen-bond acceptors (Lipinski definition) is 6. The summed E-state index contributed by atoms with van der Waals surface area (Å²) in [6.07, 6.45) is 4.52. The molecule has 0 aliphatic rings. The zero-order valence-corrected chi connectivity index (χ0v) is 19.2. The molecule has 0 aliphatic heterocycles. The van der Waals surface area contributed by atoms with E-state index >= 15 is 0 Å². The molecule has 170 valence electrons. The van der Waals surface area contributed by atoms with E-state index in [1.54, 1.807) is 32.1 Å². The number of ketones is 1. The van der Waals surface area contributed by atoms with E-state index in [4.69, 9.17) is 0 Å². The van der Waals surface area contributed by atoms with E-state index in [2.05, 4.69) is 15.0 Å². The molecule has 0 aliphatic carbocycles. The maximum absolute atomic E-state index is 12.9. The monoisotopic (exact) mass is 448 g/mol. The minimum Gasteiger partial charge on any atom is -0.323 e. The molecule has 0 saturated carbocycles. The molecule has 31 heavy (non-hydrogen) atoms. The van der Waals surface area contributed by atoms with Gasteiger partial charge in [0, 0.05) is 18.4 Å². The average Bonchev–Trinajstić information content (AvgIpc) is 2.71. The molecule has 1 amide bonds. The summed E-state index contributed by atoms with van der Waals surface area (Å²) in [5.41, 5.74) is 1.32. The summed E-state index contributed by atoms with van der Waals surface area (Å²) in [5, 5.41) is 3.67. The normalized spacial score (nSPS) is 12.8. The van der Waals surface area contributed by atoms with Gasteiger partial charge in [-0.25, -0.2) is 13.1 Å². The highest BCUT2D eigenvalue weighted by Crippen LogP contribution is 2.17. The van der Waals surface area contributed by atoms with Gasteiger partial charge in [-0.2, -0.15) is 0 Å². The molecule has 1 atom stereocenters. The van der Waals surface area contributed by atoms with Gasteiger partial charge >= 0.3 is 0 Å². The van der Waals surface area contributed by atoms with Crippen molar-refractivity contribution < 1.29 is 18.0 Å². The SMILES string of the molecule is CC(=O)CCCCC[C@H](NS(=O)(=O)CCN(C)C)C(=O)Nc1cnc2ccccc2c1. The molecular weight excluding hydrogens is 416 g/mol. The Labute approximate surface area is 184 Å². The molecule has 9 heteroatoms. The van der Waals surface area contributed by atoms with E-state index < -0.39 is 22.0 Å². The summed E-state index contributed by atoms with van der Waals surface area (Å²) in [5.74, 6) is -0.384. The van der Waals surface area contributed by atoms with Gasteiger partial charge in [-0.15, -0.1) is 0 Å². The lowest BCUT2D eigenvalue weighted by molar-refractivity contribution is -0.118. The third kappa shape index (κ3) is 9.12. The zero-order chi connectivity index (χ0) is 22.9. The first-order valence-electron chi connectivity index (χ1n) is 10.5. The Morgan fingerprint density at radius 1 is 1.13 bits per heavy atom. The van der Waals surface area contributed by atoms with Gasteiger partial charge in [0.25, 0.3) is 0 Å². The van der Waals surface area contributed by atoms with Crippen molar-refractivity contribution >= 4 is 38.3 Å². The number of hydrogen-bond donors (Lipinski definition) is 2. The second-order valence-electron chi connectivity index (χ2n) is 8.00. The van der Waals surface area contributed by atoms with Crippen LogP contribution in [0.2, 0.25) is 0 Å². The largest absolute Gasteiger partial charge is 0.323 e. The van der Waals surface area contributed by atoms with Gasteiger partial charge in [0.1, 0.15) is 11.8 Å². The molecule has 0 fully saturated rings. The number of carbonyl (C=O) groups is 2. The third-order valence-electron chi connectivity index (χ3n) is 4.83. The number of pyridine rings is 1. The molecule has 0 radical (unpaired) electrons. The van der Waals surface area contributed by atoms with Gasteiger partial charge < -0.3 is 15.0 Å². The average molecular weight is 449 g/mol. The van der Waals surface area contributed by atoms with Crippen LogP contribution in [-0.2, 0) is 19.6 Å². The van der Waals surface area contributed by atoms with Crippen LogP contribution >= 0.6 is 0 Å². The van der Waals surface area contributed by atoms with E-state index in [-0.39, 0.29) is 11.5 Å². The van der Waals surface area contributed by atoms with Crippen molar-refractivity contribution in [2.75, 3.05) is 31.7 Å². The lowest BCUT2D eigenvalue weighted by Crippen LogP contribution is -2.45. The van der Waals surface area contributed by atoms with Crippen molar-refractivity contribution in [1.82, 2.24) is 14.6 Å². The molecule has 1 aromatic heterocycles. The van der Waals surface area contributed by atoms with Crippen LogP contribution in [0, 0.1) is 0 Å². The van der Waals surface area contributed by atoms with Crippen LogP contribution in [0.1, 0.15) is 39.0 Å². The fourth-order valence-electron chi connectivity index (χ4n) is 3.09. The Balaban J connectivity index is 2.06. The molecule has 0 spiro atoms. The number of aromatic nitrogens is 1. The van der Waals surface area contributed by atoms with E-state index in [0.717, 1.165) is 23.7 Å². The zero-order valence-electron chi connectivity index (χ0n) is 18.4. The van der Waals surface area contributed by atoms with Gasteiger partial charge in [-0.05, 0) is 46.0 Å². The summed E-state index contributed by atoms with van der Waals surface area (Å²) >= 11 is 0. The Morgan fingerprint density at radius 2 is 1.87 bits per heavy atom. The first-order valence-corrected chi connectivity index (χ1v) is 12.1. The van der Waals surface area contributed by atoms with Crippen LogP contribution in [0.15, 0.2) is 36.5 Å². The second kappa shape index (κ2) is 11.9. The smallest absolute Gasteiger partial charge is 0.242 e. The number of unbranched alkanes of at least 4 members (excludes halogenated alkanes) is 2. The molecule has 0 saturated heterocycles. The summed E-state index contributed by atoms with van der Waals surface area (Å²) in [6, 6.07) is 8.47. The van der Waals surface area contributed by atoms with Crippen molar-refractivity contribution in [3.8, 4) is 0 Å². The number of fused-ring (bicyclic) bond motifs is 1. The van der Waals surface area contributed by atoms with E-state index in [0.29, 0.717) is 31.5 Å². The van der Waals surface area contributed by atoms with Crippen LogP contribution in [0.25, 0.3) is 10.9 Å². The molecule has 2 aromatic rings. The van der Waals surface area contributed by atoms with Crippen LogP contribution < -0.4 is 10.0 Å². The second-order valence-corrected chi connectivity index (χ2v) is 9.87. The number of sulfonamides is 1. The molecule has 2 N–H and O–H groups in total. The number of nitrogens with one attached hydrogen (secondary N) is 2. The van der Waals surface area contributed by atoms with Crippen molar-refractivity contribution in [3.05, 3.63) is 36.5 Å². The minimum absolute atomic E-state index is 0.0916. The molecule has 1 aromatic carbocycles. The summed E-state index contributed by atoms with van der Waals surface area (Å²) in [7, 11) is -0.0400. The van der Waals surface area contributed by atoms with Gasteiger partial charge in [0.2, 0.25) is 15.9 Å². The quantitative estimate of drug-likeness (QED) is 0.456. The molecule has 0 unspecified atom stereocenters. The maximum atomic E-state index is 12.9. The molecule has 8 nitrogen and oxygen atoms in total. The van der Waals surface area contributed by atoms with Crippen LogP contribution in [0.3, 0.4) is 0 Å². The highest BCUT2D eigenvalue weighted by Gasteiger charge is 2.24. The van der Waals surface area contributed by atoms with Crippen molar-refractivity contribution in [2.24, 2.45) is 0 Å². The third-order valence-corrected chi connectivity index (χ3v) is 6.19. The predicted molar refractivity (Wildman–Crippen MR) is 123 cm³/mol. The number of carbonyl (C=O) groups excluding carboxylic acids is 2. The van der Waals surface area contributed by atoms with Gasteiger partial charge in [0.05, 0.1) is 23.2 Å². The fraction of sp³-hybridized carbons (Fsp3) is 0.500. The highest BCUT2D eigenvalue weighted by atomic mass is 32.2. The maximum Gasteiger partial charge on any atom is 0.242 e. The Hall–Kier alpha value is -2.36. The standard InChI is InChI=1S/C22H32N4O4S/c1-17(27)9-5-4-6-12-21(25-31(29,30)14-13-26(2)3)22(28)24-19-15-18-10-7-8-11-20(18)23-16-19/h7-8,10-11,15-16,21,25H,4-6,9,12-14H2,1-3H3,(H,24,28)/t21-/m0/s1. The van der Waals surface area contributed by atoms with Crippen molar-refractivity contribution in [2.45, 2.75) is 45.1 Å². The lowest BCUT2D eigenvalue weighted by atomic mass is 10.1. The van der Waals surface area contributed by atoms with Crippen LogP contribution in [0.5, 0.6) is 0 Å². The highest BCUT2D eigenvalue weighted by molar-refractivity contribution is 7.89. The number of amides is 1. The van der Waals surface area contributed by atoms with Crippen LogP contribution in [0.4, 0.5) is 5.69 Å². The van der Waals surface area contributed by atoms with Gasteiger partial charge in [-0.3, -0.25) is 9.78 Å². The number of rotatable bonds is 13. The summed E-state index contributed by atoms with van der Waals surface area (Å²) < 4.78 is 27.5. The molecular formula is C22H32N4O4S.